The Balaban J connectivity index is 1.42. The summed E-state index contributed by atoms with van der Waals surface area (Å²) in [6.07, 6.45) is 0. The third-order valence-corrected chi connectivity index (χ3v) is 9.82. The molecule has 0 bridgehead atoms. The minimum absolute atomic E-state index is 0.277. The normalized spacial score (nSPS) is 19.5. The fraction of sp³-hybridized carbons (Fsp3) is 0.0769. The molecule has 3 aliphatic carbocycles. The van der Waals surface area contributed by atoms with Crippen LogP contribution in [0.5, 0.6) is 0 Å². The van der Waals surface area contributed by atoms with E-state index in [4.69, 9.17) is 0 Å². The molecule has 0 nitrogen and oxygen atoms in total. The van der Waals surface area contributed by atoms with Crippen LogP contribution in [0.2, 0.25) is 0 Å². The maximum Gasteiger partial charge on any atom is 0.0352 e. The van der Waals surface area contributed by atoms with Gasteiger partial charge in [-0.25, -0.2) is 0 Å². The summed E-state index contributed by atoms with van der Waals surface area (Å²) in [5.74, 6) is 0.832. The Bertz CT molecular complexity index is 1780. The molecule has 7 aromatic rings. The lowest BCUT2D eigenvalue weighted by Gasteiger charge is -2.17. The number of benzene rings is 7. The van der Waals surface area contributed by atoms with Crippen molar-refractivity contribution >= 4 is 32.3 Å². The molecule has 0 heterocycles. The maximum atomic E-state index is 2.45. The van der Waals surface area contributed by atoms with Crippen LogP contribution in [0.1, 0.15) is 67.8 Å². The van der Waals surface area contributed by atoms with Crippen molar-refractivity contribution in [3.8, 4) is 0 Å². The molecule has 0 radical (unpaired) electrons. The lowest BCUT2D eigenvalue weighted by atomic mass is 9.86. The van der Waals surface area contributed by atoms with E-state index in [2.05, 4.69) is 127 Å². The van der Waals surface area contributed by atoms with Crippen LogP contribution in [0.3, 0.4) is 0 Å². The molecule has 39 heavy (non-hydrogen) atoms. The third kappa shape index (κ3) is 2.33. The van der Waals surface area contributed by atoms with Gasteiger partial charge < -0.3 is 0 Å². The topological polar surface area (TPSA) is 0 Å². The molecule has 0 spiro atoms. The third-order valence-electron chi connectivity index (χ3n) is 9.82. The maximum absolute atomic E-state index is 2.45. The molecule has 3 aliphatic rings. The fourth-order valence-electron chi connectivity index (χ4n) is 8.48. The van der Waals surface area contributed by atoms with E-state index in [1.165, 1.54) is 82.4 Å². The smallest absolute Gasteiger partial charge is 0.0352 e. The van der Waals surface area contributed by atoms with Gasteiger partial charge in [-0.05, 0) is 82.4 Å². The van der Waals surface area contributed by atoms with Gasteiger partial charge in [-0.1, -0.05) is 127 Å². The largest absolute Gasteiger partial charge is 0.0622 e. The molecule has 0 N–H and O–H groups in total. The molecule has 0 saturated carbocycles. The van der Waals surface area contributed by atoms with E-state index < -0.39 is 0 Å². The Hall–Kier alpha value is -4.68. The van der Waals surface area contributed by atoms with Crippen LogP contribution >= 0.6 is 0 Å². The molecule has 10 rings (SSSR count). The van der Waals surface area contributed by atoms with Crippen LogP contribution in [0.15, 0.2) is 127 Å². The Morgan fingerprint density at radius 3 is 0.641 bits per heavy atom. The second kappa shape index (κ2) is 7.04. The van der Waals surface area contributed by atoms with Crippen LogP contribution in [0.4, 0.5) is 0 Å². The van der Waals surface area contributed by atoms with Gasteiger partial charge in [0.25, 0.3) is 0 Å². The molecule has 0 atom stereocenters. The molecular weight excluding hydrogens is 468 g/mol. The Labute approximate surface area is 227 Å². The van der Waals surface area contributed by atoms with Crippen LogP contribution in [-0.4, -0.2) is 0 Å². The van der Waals surface area contributed by atoms with Gasteiger partial charge in [0.05, 0.1) is 0 Å². The monoisotopic (exact) mass is 492 g/mol. The number of hydrogen-bond donors (Lipinski definition) is 0. The van der Waals surface area contributed by atoms with Gasteiger partial charge >= 0.3 is 0 Å². The highest BCUT2D eigenvalue weighted by Gasteiger charge is 2.41. The van der Waals surface area contributed by atoms with E-state index in [1.54, 1.807) is 0 Å². The highest BCUT2D eigenvalue weighted by molar-refractivity contribution is 6.34. The average Bonchev–Trinajstić information content (AvgIpc) is 3.63. The predicted molar refractivity (Wildman–Crippen MR) is 161 cm³/mol. The molecule has 0 aromatic heterocycles. The summed E-state index contributed by atoms with van der Waals surface area (Å²) in [7, 11) is 0. The van der Waals surface area contributed by atoms with Gasteiger partial charge in [0.2, 0.25) is 0 Å². The SMILES string of the molecule is c1ccc(C2c3ccc4c5c3c3c2ccc2c3c3c(ccc(c53)C4c3ccccc3)C2c2ccccc2)cc1. The fourth-order valence-corrected chi connectivity index (χ4v) is 8.48. The van der Waals surface area contributed by atoms with E-state index in [-0.39, 0.29) is 17.8 Å². The van der Waals surface area contributed by atoms with Gasteiger partial charge in [0.15, 0.2) is 0 Å². The van der Waals surface area contributed by atoms with Crippen LogP contribution in [0, 0.1) is 0 Å². The van der Waals surface area contributed by atoms with Gasteiger partial charge in [-0.3, -0.25) is 0 Å². The van der Waals surface area contributed by atoms with E-state index in [9.17, 15) is 0 Å². The Morgan fingerprint density at radius 2 is 0.436 bits per heavy atom. The van der Waals surface area contributed by atoms with Crippen molar-refractivity contribution < 1.29 is 0 Å². The Kier molecular flexibility index (Phi) is 3.66. The first-order chi connectivity index (χ1) is 19.4. The number of hydrogen-bond acceptors (Lipinski definition) is 0. The van der Waals surface area contributed by atoms with Gasteiger partial charge in [-0.15, -0.1) is 0 Å². The quantitative estimate of drug-likeness (QED) is 0.215. The molecule has 180 valence electrons. The summed E-state index contributed by atoms with van der Waals surface area (Å²) in [5.41, 5.74) is 13.0. The summed E-state index contributed by atoms with van der Waals surface area (Å²) in [5, 5.41) is 9.03. The Morgan fingerprint density at radius 1 is 0.231 bits per heavy atom. The molecular formula is C39H24. The van der Waals surface area contributed by atoms with Crippen LogP contribution in [0.25, 0.3) is 32.3 Å². The van der Waals surface area contributed by atoms with Crippen molar-refractivity contribution in [2.24, 2.45) is 0 Å². The molecule has 0 fully saturated rings. The molecule has 0 saturated heterocycles. The lowest BCUT2D eigenvalue weighted by Crippen LogP contribution is -2.01. The minimum atomic E-state index is 0.277. The summed E-state index contributed by atoms with van der Waals surface area (Å²) in [6, 6.07) is 48.1. The second-order valence-corrected chi connectivity index (χ2v) is 11.5. The van der Waals surface area contributed by atoms with Gasteiger partial charge in [0, 0.05) is 17.8 Å². The molecule has 0 amide bonds. The average molecular weight is 493 g/mol. The standard InChI is InChI=1S/C39H24/c1-4-10-22(11-5-1)31-25-16-18-27-32(23-12-6-2-7-13-23)29-20-21-30-33(24-14-8-3-9-15-24)28-19-17-26(31)35-34(25)36(27)38(29)39(30)37(28)35/h1-21,31-33H. The highest BCUT2D eigenvalue weighted by atomic mass is 14.4. The summed E-state index contributed by atoms with van der Waals surface area (Å²) in [6.45, 7) is 0. The van der Waals surface area contributed by atoms with Crippen LogP contribution < -0.4 is 0 Å². The highest BCUT2D eigenvalue weighted by Crippen LogP contribution is 2.61. The predicted octanol–water partition coefficient (Wildman–Crippen LogP) is 9.63. The van der Waals surface area contributed by atoms with Gasteiger partial charge in [0.1, 0.15) is 0 Å². The van der Waals surface area contributed by atoms with Crippen LogP contribution in [-0.2, 0) is 0 Å². The first-order valence-corrected chi connectivity index (χ1v) is 14.1. The van der Waals surface area contributed by atoms with Crippen molar-refractivity contribution in [2.75, 3.05) is 0 Å². The molecule has 0 aliphatic heterocycles. The van der Waals surface area contributed by atoms with E-state index >= 15 is 0 Å². The van der Waals surface area contributed by atoms with Crippen molar-refractivity contribution in [3.63, 3.8) is 0 Å². The van der Waals surface area contributed by atoms with Crippen molar-refractivity contribution in [2.45, 2.75) is 17.8 Å². The molecule has 0 heteroatoms. The second-order valence-electron chi connectivity index (χ2n) is 11.5. The van der Waals surface area contributed by atoms with E-state index in [0.29, 0.717) is 0 Å². The van der Waals surface area contributed by atoms with Crippen molar-refractivity contribution in [1.29, 1.82) is 0 Å². The zero-order valence-electron chi connectivity index (χ0n) is 21.4. The molecule has 7 aromatic carbocycles. The first kappa shape index (κ1) is 20.3. The molecule has 0 unspecified atom stereocenters. The summed E-state index contributed by atoms with van der Waals surface area (Å²) in [4.78, 5) is 0. The lowest BCUT2D eigenvalue weighted by molar-refractivity contribution is 1.00. The van der Waals surface area contributed by atoms with E-state index in [1.807, 2.05) is 0 Å². The first-order valence-electron chi connectivity index (χ1n) is 14.1. The number of rotatable bonds is 3. The van der Waals surface area contributed by atoms with E-state index in [0.717, 1.165) is 0 Å². The minimum Gasteiger partial charge on any atom is -0.0622 e. The summed E-state index contributed by atoms with van der Waals surface area (Å²) >= 11 is 0. The van der Waals surface area contributed by atoms with Gasteiger partial charge in [-0.2, -0.15) is 0 Å². The zero-order valence-corrected chi connectivity index (χ0v) is 21.4. The zero-order chi connectivity index (χ0) is 25.2. The summed E-state index contributed by atoms with van der Waals surface area (Å²) < 4.78 is 0. The van der Waals surface area contributed by atoms with Crippen molar-refractivity contribution in [1.82, 2.24) is 0 Å². The van der Waals surface area contributed by atoms with Crippen molar-refractivity contribution in [3.05, 3.63) is 177 Å².